The number of hydrogen-bond donors (Lipinski definition) is 1. The Morgan fingerprint density at radius 3 is 2.83 bits per heavy atom. The van der Waals surface area contributed by atoms with Gasteiger partial charge in [-0.05, 0) is 32.0 Å². The van der Waals surface area contributed by atoms with Crippen LogP contribution in [0.2, 0.25) is 0 Å². The third-order valence-electron chi connectivity index (χ3n) is 4.74. The van der Waals surface area contributed by atoms with Crippen molar-refractivity contribution in [3.8, 4) is 0 Å². The van der Waals surface area contributed by atoms with E-state index in [9.17, 15) is 9.90 Å². The molecule has 98 valence electrons. The number of Topliss-reactive ketones (excluding diaryl/α,β-unsaturated/α-hetero) is 1. The highest BCUT2D eigenvalue weighted by atomic mass is 16.3. The zero-order valence-electron chi connectivity index (χ0n) is 10.9. The number of fused-ring (bicyclic) bond motifs is 2. The third kappa shape index (κ3) is 1.63. The molecular weight excluding hydrogens is 228 g/mol. The van der Waals surface area contributed by atoms with Gasteiger partial charge in [0.05, 0.1) is 5.92 Å². The monoisotopic (exact) mass is 248 g/mol. The van der Waals surface area contributed by atoms with Gasteiger partial charge in [0.15, 0.2) is 0 Å². The molecule has 4 nitrogen and oxygen atoms in total. The van der Waals surface area contributed by atoms with Gasteiger partial charge in [0, 0.05) is 37.4 Å². The zero-order chi connectivity index (χ0) is 12.9. The fraction of sp³-hybridized carbons (Fsp3) is 0.643. The lowest BCUT2D eigenvalue weighted by molar-refractivity contribution is -0.134. The van der Waals surface area contributed by atoms with Crippen LogP contribution >= 0.6 is 0 Å². The standard InChI is InChI=1S/C14H20N2O2/c1-15-7-3-4-11(15)14(18)13-10-6-5-9(16(10)2)8-12(13)17/h3-4,7,9-10,13-14,18H,5-6,8H2,1-2H3/t9-,10+,13+,14+/m0/s1. The first-order chi connectivity index (χ1) is 8.59. The van der Waals surface area contributed by atoms with E-state index in [-0.39, 0.29) is 17.7 Å². The lowest BCUT2D eigenvalue weighted by Gasteiger charge is -2.38. The summed E-state index contributed by atoms with van der Waals surface area (Å²) in [7, 11) is 3.99. The minimum atomic E-state index is -0.677. The first-order valence-electron chi connectivity index (χ1n) is 6.63. The van der Waals surface area contributed by atoms with E-state index in [4.69, 9.17) is 0 Å². The Labute approximate surface area is 107 Å². The summed E-state index contributed by atoms with van der Waals surface area (Å²) < 4.78 is 1.90. The molecule has 2 saturated heterocycles. The minimum Gasteiger partial charge on any atom is -0.386 e. The Bertz CT molecular complexity index is 468. The van der Waals surface area contributed by atoms with Crippen molar-refractivity contribution in [3.05, 3.63) is 24.0 Å². The summed E-state index contributed by atoms with van der Waals surface area (Å²) in [5.41, 5.74) is 0.840. The third-order valence-corrected chi connectivity index (χ3v) is 4.74. The normalized spacial score (nSPS) is 33.9. The van der Waals surface area contributed by atoms with E-state index >= 15 is 0 Å². The Balaban J connectivity index is 1.91. The minimum absolute atomic E-state index is 0.209. The number of carbonyl (C=O) groups is 1. The molecule has 3 rings (SSSR count). The Morgan fingerprint density at radius 1 is 1.39 bits per heavy atom. The predicted molar refractivity (Wildman–Crippen MR) is 68.1 cm³/mol. The zero-order valence-corrected chi connectivity index (χ0v) is 10.9. The van der Waals surface area contributed by atoms with Gasteiger partial charge in [-0.3, -0.25) is 9.69 Å². The molecule has 3 heterocycles. The molecule has 1 aromatic heterocycles. The smallest absolute Gasteiger partial charge is 0.142 e. The topological polar surface area (TPSA) is 45.5 Å². The number of carbonyl (C=O) groups excluding carboxylic acids is 1. The quantitative estimate of drug-likeness (QED) is 0.853. The van der Waals surface area contributed by atoms with Crippen LogP contribution in [0.1, 0.15) is 31.1 Å². The molecule has 0 unspecified atom stereocenters. The first-order valence-corrected chi connectivity index (χ1v) is 6.63. The van der Waals surface area contributed by atoms with Crippen molar-refractivity contribution in [3.63, 3.8) is 0 Å². The van der Waals surface area contributed by atoms with Gasteiger partial charge in [0.1, 0.15) is 11.9 Å². The van der Waals surface area contributed by atoms with E-state index in [0.717, 1.165) is 18.5 Å². The molecule has 0 spiro atoms. The van der Waals surface area contributed by atoms with Crippen molar-refractivity contribution in [2.24, 2.45) is 13.0 Å². The summed E-state index contributed by atoms with van der Waals surface area (Å²) in [6.07, 6.45) is 3.94. The van der Waals surface area contributed by atoms with Gasteiger partial charge in [0.2, 0.25) is 0 Å². The number of aliphatic hydroxyl groups is 1. The largest absolute Gasteiger partial charge is 0.386 e. The molecule has 2 aliphatic rings. The number of aryl methyl sites for hydroxylation is 1. The predicted octanol–water partition coefficient (Wildman–Crippen LogP) is 1.11. The highest BCUT2D eigenvalue weighted by Crippen LogP contribution is 2.41. The second-order valence-electron chi connectivity index (χ2n) is 5.65. The Kier molecular flexibility index (Phi) is 2.79. The molecule has 0 aliphatic carbocycles. The van der Waals surface area contributed by atoms with E-state index in [1.165, 1.54) is 0 Å². The maximum Gasteiger partial charge on any atom is 0.142 e. The second kappa shape index (κ2) is 4.21. The molecule has 2 aliphatic heterocycles. The van der Waals surface area contributed by atoms with Crippen LogP contribution in [0.5, 0.6) is 0 Å². The lowest BCUT2D eigenvalue weighted by Crippen LogP contribution is -2.49. The van der Waals surface area contributed by atoms with E-state index in [0.29, 0.717) is 12.5 Å². The van der Waals surface area contributed by atoms with Crippen molar-refractivity contribution < 1.29 is 9.90 Å². The van der Waals surface area contributed by atoms with Gasteiger partial charge in [-0.1, -0.05) is 0 Å². The maximum atomic E-state index is 12.3. The van der Waals surface area contributed by atoms with Gasteiger partial charge in [-0.2, -0.15) is 0 Å². The fourth-order valence-electron chi connectivity index (χ4n) is 3.66. The molecule has 0 radical (unpaired) electrons. The Morgan fingerprint density at radius 2 is 2.17 bits per heavy atom. The number of rotatable bonds is 2. The van der Waals surface area contributed by atoms with Crippen molar-refractivity contribution in [1.29, 1.82) is 0 Å². The van der Waals surface area contributed by atoms with Crippen LogP contribution in [0.4, 0.5) is 0 Å². The number of aromatic nitrogens is 1. The van der Waals surface area contributed by atoms with Gasteiger partial charge in [-0.25, -0.2) is 0 Å². The van der Waals surface area contributed by atoms with Crippen LogP contribution in [-0.2, 0) is 11.8 Å². The van der Waals surface area contributed by atoms with E-state index in [2.05, 4.69) is 11.9 Å². The van der Waals surface area contributed by atoms with Gasteiger partial charge in [-0.15, -0.1) is 0 Å². The lowest BCUT2D eigenvalue weighted by atomic mass is 9.83. The molecule has 0 saturated carbocycles. The number of hydrogen-bond acceptors (Lipinski definition) is 3. The van der Waals surface area contributed by atoms with Crippen molar-refractivity contribution >= 4 is 5.78 Å². The van der Waals surface area contributed by atoms with Gasteiger partial charge >= 0.3 is 0 Å². The molecule has 0 aromatic carbocycles. The van der Waals surface area contributed by atoms with Crippen molar-refractivity contribution in [2.75, 3.05) is 7.05 Å². The van der Waals surface area contributed by atoms with Crippen molar-refractivity contribution in [1.82, 2.24) is 9.47 Å². The molecule has 1 N–H and O–H groups in total. The molecular formula is C14H20N2O2. The summed E-state index contributed by atoms with van der Waals surface area (Å²) in [6.45, 7) is 0. The summed E-state index contributed by atoms with van der Waals surface area (Å²) in [5.74, 6) is -0.0309. The first kappa shape index (κ1) is 11.9. The molecule has 2 bridgehead atoms. The number of aliphatic hydroxyl groups excluding tert-OH is 1. The highest BCUT2D eigenvalue weighted by molar-refractivity contribution is 5.84. The summed E-state index contributed by atoms with van der Waals surface area (Å²) >= 11 is 0. The van der Waals surface area contributed by atoms with Gasteiger partial charge in [0.25, 0.3) is 0 Å². The second-order valence-corrected chi connectivity index (χ2v) is 5.65. The highest BCUT2D eigenvalue weighted by Gasteiger charge is 2.48. The summed E-state index contributed by atoms with van der Waals surface area (Å²) in [5, 5.41) is 10.6. The SMILES string of the molecule is CN1[C@H]2CC[C@@H]1[C@@H]([C@H](O)c1cccn1C)C(=O)C2. The van der Waals surface area contributed by atoms with E-state index in [1.54, 1.807) is 0 Å². The maximum absolute atomic E-state index is 12.3. The van der Waals surface area contributed by atoms with Crippen LogP contribution in [0.25, 0.3) is 0 Å². The molecule has 1 aromatic rings. The van der Waals surface area contributed by atoms with Crippen LogP contribution in [-0.4, -0.2) is 39.5 Å². The van der Waals surface area contributed by atoms with Gasteiger partial charge < -0.3 is 9.67 Å². The number of nitrogens with zero attached hydrogens (tertiary/aromatic N) is 2. The number of piperidine rings is 1. The van der Waals surface area contributed by atoms with Crippen LogP contribution in [0.3, 0.4) is 0 Å². The average Bonchev–Trinajstić information content (AvgIpc) is 2.83. The van der Waals surface area contributed by atoms with Crippen LogP contribution < -0.4 is 0 Å². The van der Waals surface area contributed by atoms with Crippen molar-refractivity contribution in [2.45, 2.75) is 37.5 Å². The summed E-state index contributed by atoms with van der Waals surface area (Å²) in [6, 6.07) is 4.42. The number of ketones is 1. The fourth-order valence-corrected chi connectivity index (χ4v) is 3.66. The van der Waals surface area contributed by atoms with Crippen LogP contribution in [0, 0.1) is 5.92 Å². The van der Waals surface area contributed by atoms with Crippen LogP contribution in [0.15, 0.2) is 18.3 Å². The van der Waals surface area contributed by atoms with E-state index < -0.39 is 6.10 Å². The molecule has 2 fully saturated rings. The molecule has 0 amide bonds. The average molecular weight is 248 g/mol. The molecule has 18 heavy (non-hydrogen) atoms. The molecule has 4 atom stereocenters. The molecule has 4 heteroatoms. The summed E-state index contributed by atoms with van der Waals surface area (Å²) in [4.78, 5) is 14.5. The van der Waals surface area contributed by atoms with E-state index in [1.807, 2.05) is 29.9 Å². The Hall–Kier alpha value is -1.13.